The maximum Gasteiger partial charge on any atom is 0.137 e. The van der Waals surface area contributed by atoms with Crippen molar-refractivity contribution < 1.29 is 4.42 Å². The van der Waals surface area contributed by atoms with Crippen LogP contribution in [0.1, 0.15) is 0 Å². The number of hydrogen-bond acceptors (Lipinski definition) is 2. The van der Waals surface area contributed by atoms with Crippen LogP contribution in [0.2, 0.25) is 0 Å². The monoisotopic (exact) mass is 626 g/mol. The lowest BCUT2D eigenvalue weighted by Gasteiger charge is -2.26. The number of nitrogens with zero attached hydrogens (tertiary/aromatic N) is 2. The van der Waals surface area contributed by atoms with E-state index in [1.165, 1.54) is 43.7 Å². The van der Waals surface area contributed by atoms with Gasteiger partial charge in [-0.2, -0.15) is 0 Å². The highest BCUT2D eigenvalue weighted by Gasteiger charge is 2.19. The van der Waals surface area contributed by atoms with Crippen molar-refractivity contribution in [2.24, 2.45) is 0 Å². The molecule has 0 radical (unpaired) electrons. The lowest BCUT2D eigenvalue weighted by atomic mass is 10.0. The number of benzene rings is 8. The minimum atomic E-state index is 0.882. The molecule has 0 saturated heterocycles. The van der Waals surface area contributed by atoms with Gasteiger partial charge in [0.05, 0.1) is 22.1 Å². The van der Waals surface area contributed by atoms with Gasteiger partial charge in [0.1, 0.15) is 11.2 Å². The summed E-state index contributed by atoms with van der Waals surface area (Å²) in [6.07, 6.45) is 0. The van der Waals surface area contributed by atoms with Gasteiger partial charge >= 0.3 is 0 Å². The highest BCUT2D eigenvalue weighted by Crippen LogP contribution is 2.43. The summed E-state index contributed by atoms with van der Waals surface area (Å²) in [7, 11) is 0. The van der Waals surface area contributed by atoms with Crippen LogP contribution < -0.4 is 4.90 Å². The van der Waals surface area contributed by atoms with Crippen LogP contribution in [0, 0.1) is 0 Å². The zero-order chi connectivity index (χ0) is 32.3. The molecule has 0 aliphatic rings. The van der Waals surface area contributed by atoms with Crippen LogP contribution in [0.3, 0.4) is 0 Å². The van der Waals surface area contributed by atoms with Crippen molar-refractivity contribution in [3.05, 3.63) is 182 Å². The zero-order valence-corrected chi connectivity index (χ0v) is 26.6. The number of anilines is 3. The molecule has 8 aromatic carbocycles. The Labute approximate surface area is 283 Å². The summed E-state index contributed by atoms with van der Waals surface area (Å²) in [5.41, 5.74) is 11.0. The summed E-state index contributed by atoms with van der Waals surface area (Å²) in [5.74, 6) is 0. The quantitative estimate of drug-likeness (QED) is 0.190. The lowest BCUT2D eigenvalue weighted by Crippen LogP contribution is -2.10. The van der Waals surface area contributed by atoms with Crippen molar-refractivity contribution >= 4 is 71.6 Å². The summed E-state index contributed by atoms with van der Waals surface area (Å²) in [6, 6.07) is 64.9. The summed E-state index contributed by atoms with van der Waals surface area (Å²) in [6.45, 7) is 0. The van der Waals surface area contributed by atoms with Crippen LogP contribution in [0.25, 0.3) is 71.3 Å². The Bertz CT molecular complexity index is 2810. The third-order valence-electron chi connectivity index (χ3n) is 9.78. The van der Waals surface area contributed by atoms with E-state index < -0.39 is 0 Å². The van der Waals surface area contributed by atoms with Crippen molar-refractivity contribution in [1.82, 2.24) is 4.57 Å². The fraction of sp³-hybridized carbons (Fsp3) is 0. The standard InChI is InChI=1S/C46H30N2O/c1-2-12-34(13-3-1)47(42-18-10-20-44-45(42)40-16-7-9-19-43(40)49-44)35-26-21-31(22-27-35)32-23-28-36(29-24-32)48-41-17-8-6-15-38(41)39-30-25-33-11-4-5-14-37(33)46(39)48/h1-30H. The molecule has 0 aliphatic carbocycles. The summed E-state index contributed by atoms with van der Waals surface area (Å²) in [4.78, 5) is 2.32. The van der Waals surface area contributed by atoms with E-state index in [1.807, 2.05) is 12.1 Å². The predicted octanol–water partition coefficient (Wildman–Crippen LogP) is 13.0. The Balaban J connectivity index is 1.06. The normalized spacial score (nSPS) is 11.7. The average molecular weight is 627 g/mol. The molecule has 10 aromatic rings. The number of furan rings is 1. The molecular weight excluding hydrogens is 597 g/mol. The molecule has 0 N–H and O–H groups in total. The van der Waals surface area contributed by atoms with Gasteiger partial charge in [0.2, 0.25) is 0 Å². The maximum absolute atomic E-state index is 6.27. The molecule has 0 bridgehead atoms. The van der Waals surface area contributed by atoms with Gasteiger partial charge in [-0.05, 0) is 77.2 Å². The second-order valence-electron chi connectivity index (χ2n) is 12.5. The average Bonchev–Trinajstić information content (AvgIpc) is 3.73. The molecule has 3 nitrogen and oxygen atoms in total. The van der Waals surface area contributed by atoms with E-state index in [0.717, 1.165) is 44.7 Å². The van der Waals surface area contributed by atoms with E-state index in [0.29, 0.717) is 0 Å². The Morgan fingerprint density at radius 3 is 1.86 bits per heavy atom. The second kappa shape index (κ2) is 11.0. The van der Waals surface area contributed by atoms with Crippen LogP contribution in [0.5, 0.6) is 0 Å². The molecule has 0 unspecified atom stereocenters. The number of hydrogen-bond donors (Lipinski definition) is 0. The van der Waals surface area contributed by atoms with Crippen molar-refractivity contribution in [3.8, 4) is 16.8 Å². The zero-order valence-electron chi connectivity index (χ0n) is 26.6. The van der Waals surface area contributed by atoms with Crippen molar-refractivity contribution in [2.75, 3.05) is 4.90 Å². The Hall–Kier alpha value is -6.58. The van der Waals surface area contributed by atoms with E-state index in [1.54, 1.807) is 0 Å². The lowest BCUT2D eigenvalue weighted by molar-refractivity contribution is 0.669. The smallest absolute Gasteiger partial charge is 0.137 e. The molecule has 10 rings (SSSR count). The molecule has 2 heterocycles. The molecule has 0 saturated carbocycles. The fourth-order valence-corrected chi connectivity index (χ4v) is 7.55. The Morgan fingerprint density at radius 1 is 0.408 bits per heavy atom. The Morgan fingerprint density at radius 2 is 1.04 bits per heavy atom. The molecule has 0 spiro atoms. The topological polar surface area (TPSA) is 21.3 Å². The van der Waals surface area contributed by atoms with Gasteiger partial charge in [-0.3, -0.25) is 0 Å². The van der Waals surface area contributed by atoms with E-state index in [4.69, 9.17) is 4.42 Å². The maximum atomic E-state index is 6.27. The predicted molar refractivity (Wildman–Crippen MR) is 206 cm³/mol. The molecule has 2 aromatic heterocycles. The Kier molecular flexibility index (Phi) is 6.18. The summed E-state index contributed by atoms with van der Waals surface area (Å²) in [5, 5.41) is 7.28. The largest absolute Gasteiger partial charge is 0.456 e. The third-order valence-corrected chi connectivity index (χ3v) is 9.78. The van der Waals surface area contributed by atoms with Gasteiger partial charge in [0, 0.05) is 38.6 Å². The number of para-hydroxylation sites is 3. The number of fused-ring (bicyclic) bond motifs is 8. The minimum Gasteiger partial charge on any atom is -0.456 e. The first-order valence-electron chi connectivity index (χ1n) is 16.7. The number of rotatable bonds is 5. The van der Waals surface area contributed by atoms with E-state index in [9.17, 15) is 0 Å². The molecular formula is C46H30N2O. The van der Waals surface area contributed by atoms with Crippen LogP contribution in [0.15, 0.2) is 186 Å². The van der Waals surface area contributed by atoms with Crippen molar-refractivity contribution in [2.45, 2.75) is 0 Å². The van der Waals surface area contributed by atoms with E-state index in [-0.39, 0.29) is 0 Å². The molecule has 3 heteroatoms. The fourth-order valence-electron chi connectivity index (χ4n) is 7.55. The molecule has 0 atom stereocenters. The van der Waals surface area contributed by atoms with Gasteiger partial charge in [0.25, 0.3) is 0 Å². The molecule has 49 heavy (non-hydrogen) atoms. The van der Waals surface area contributed by atoms with Crippen LogP contribution in [-0.4, -0.2) is 4.57 Å². The van der Waals surface area contributed by atoms with Gasteiger partial charge < -0.3 is 13.9 Å². The first-order chi connectivity index (χ1) is 24.3. The molecule has 0 amide bonds. The van der Waals surface area contributed by atoms with Crippen LogP contribution in [-0.2, 0) is 0 Å². The van der Waals surface area contributed by atoms with Crippen molar-refractivity contribution in [3.63, 3.8) is 0 Å². The minimum absolute atomic E-state index is 0.882. The van der Waals surface area contributed by atoms with Gasteiger partial charge in [0.15, 0.2) is 0 Å². The van der Waals surface area contributed by atoms with Crippen molar-refractivity contribution in [1.29, 1.82) is 0 Å². The highest BCUT2D eigenvalue weighted by molar-refractivity contribution is 6.18. The van der Waals surface area contributed by atoms with Gasteiger partial charge in [-0.15, -0.1) is 0 Å². The van der Waals surface area contributed by atoms with Crippen LogP contribution >= 0.6 is 0 Å². The first kappa shape index (κ1) is 27.5. The van der Waals surface area contributed by atoms with E-state index in [2.05, 4.69) is 179 Å². The van der Waals surface area contributed by atoms with Gasteiger partial charge in [-0.1, -0.05) is 121 Å². The summed E-state index contributed by atoms with van der Waals surface area (Å²) < 4.78 is 8.68. The van der Waals surface area contributed by atoms with E-state index >= 15 is 0 Å². The first-order valence-corrected chi connectivity index (χ1v) is 16.7. The number of aromatic nitrogens is 1. The highest BCUT2D eigenvalue weighted by atomic mass is 16.3. The summed E-state index contributed by atoms with van der Waals surface area (Å²) >= 11 is 0. The molecule has 0 aliphatic heterocycles. The molecule has 0 fully saturated rings. The molecule has 230 valence electrons. The van der Waals surface area contributed by atoms with Crippen LogP contribution in [0.4, 0.5) is 17.1 Å². The third kappa shape index (κ3) is 4.37. The van der Waals surface area contributed by atoms with Gasteiger partial charge in [-0.25, -0.2) is 0 Å². The SMILES string of the molecule is c1ccc(N(c2ccc(-c3ccc(-n4c5ccccc5c5ccc6ccccc6c54)cc3)cc2)c2cccc3oc4ccccc4c23)cc1. The second-order valence-corrected chi connectivity index (χ2v) is 12.5.